The van der Waals surface area contributed by atoms with Crippen molar-refractivity contribution in [2.24, 2.45) is 0 Å². The largest absolute Gasteiger partial charge is 0.454 e. The van der Waals surface area contributed by atoms with E-state index in [0.717, 1.165) is 6.42 Å². The summed E-state index contributed by atoms with van der Waals surface area (Å²) in [6.45, 7) is 6.14. The Bertz CT molecular complexity index is 218. The van der Waals surface area contributed by atoms with Crippen LogP contribution in [-0.4, -0.2) is 24.8 Å². The molecule has 1 fully saturated rings. The molecule has 1 saturated heterocycles. The van der Waals surface area contributed by atoms with E-state index in [4.69, 9.17) is 9.47 Å². The zero-order valence-corrected chi connectivity index (χ0v) is 8.37. The number of ether oxygens (including phenoxy) is 2. The second-order valence-corrected chi connectivity index (χ2v) is 3.20. The topological polar surface area (TPSA) is 35.5 Å². The second-order valence-electron chi connectivity index (χ2n) is 3.20. The van der Waals surface area contributed by atoms with E-state index in [0.29, 0.717) is 12.2 Å². The molecule has 3 heteroatoms. The monoisotopic (exact) mass is 184 g/mol. The van der Waals surface area contributed by atoms with Crippen molar-refractivity contribution in [2.75, 3.05) is 6.61 Å². The van der Waals surface area contributed by atoms with Crippen LogP contribution in [0, 0.1) is 0 Å². The molecule has 1 rings (SSSR count). The van der Waals surface area contributed by atoms with Gasteiger partial charge in [0.15, 0.2) is 6.10 Å². The van der Waals surface area contributed by atoms with Crippen LogP contribution in [0.4, 0.5) is 0 Å². The summed E-state index contributed by atoms with van der Waals surface area (Å²) in [7, 11) is 0. The first-order valence-corrected chi connectivity index (χ1v) is 4.64. The van der Waals surface area contributed by atoms with Crippen LogP contribution in [0.3, 0.4) is 0 Å². The number of allylic oxidation sites excluding steroid dienone is 1. The first kappa shape index (κ1) is 10.3. The van der Waals surface area contributed by atoms with Gasteiger partial charge in [-0.15, -0.1) is 0 Å². The summed E-state index contributed by atoms with van der Waals surface area (Å²) < 4.78 is 10.4. The van der Waals surface area contributed by atoms with Gasteiger partial charge in [0.1, 0.15) is 0 Å². The minimum atomic E-state index is -0.228. The van der Waals surface area contributed by atoms with Crippen LogP contribution in [0.2, 0.25) is 0 Å². The van der Waals surface area contributed by atoms with Gasteiger partial charge < -0.3 is 9.47 Å². The van der Waals surface area contributed by atoms with E-state index in [1.807, 2.05) is 13.8 Å². The van der Waals surface area contributed by atoms with Crippen molar-refractivity contribution in [3.8, 4) is 0 Å². The van der Waals surface area contributed by atoms with Crippen LogP contribution in [0.5, 0.6) is 0 Å². The van der Waals surface area contributed by atoms with Crippen molar-refractivity contribution in [1.82, 2.24) is 0 Å². The molecule has 0 bridgehead atoms. The van der Waals surface area contributed by atoms with Gasteiger partial charge in [-0.1, -0.05) is 13.0 Å². The predicted octanol–water partition coefficient (Wildman–Crippen LogP) is 1.67. The number of rotatable bonds is 3. The van der Waals surface area contributed by atoms with E-state index in [1.165, 1.54) is 0 Å². The van der Waals surface area contributed by atoms with Gasteiger partial charge in [-0.25, -0.2) is 4.79 Å². The van der Waals surface area contributed by atoms with Crippen LogP contribution in [0.1, 0.15) is 27.2 Å². The SMILES string of the molecule is CC=C(C)C(=O)OC1COC1CC. The molecule has 1 aliphatic rings. The summed E-state index contributed by atoms with van der Waals surface area (Å²) in [4.78, 5) is 11.3. The Morgan fingerprint density at radius 2 is 2.38 bits per heavy atom. The Balaban J connectivity index is 2.37. The fourth-order valence-electron chi connectivity index (χ4n) is 1.15. The third kappa shape index (κ3) is 2.31. The zero-order chi connectivity index (χ0) is 9.84. The van der Waals surface area contributed by atoms with Crippen molar-refractivity contribution in [3.63, 3.8) is 0 Å². The normalized spacial score (nSPS) is 28.1. The van der Waals surface area contributed by atoms with Crippen LogP contribution in [0.15, 0.2) is 11.6 Å². The lowest BCUT2D eigenvalue weighted by Gasteiger charge is -2.35. The molecule has 0 amide bonds. The molecule has 0 aliphatic carbocycles. The number of carbonyl (C=O) groups is 1. The maximum Gasteiger partial charge on any atom is 0.333 e. The van der Waals surface area contributed by atoms with E-state index in [2.05, 4.69) is 0 Å². The first-order chi connectivity index (χ1) is 6.19. The summed E-state index contributed by atoms with van der Waals surface area (Å²) in [5.74, 6) is -0.228. The van der Waals surface area contributed by atoms with Crippen LogP contribution < -0.4 is 0 Å². The Hall–Kier alpha value is -0.830. The van der Waals surface area contributed by atoms with Gasteiger partial charge >= 0.3 is 5.97 Å². The fourth-order valence-corrected chi connectivity index (χ4v) is 1.15. The van der Waals surface area contributed by atoms with Crippen molar-refractivity contribution < 1.29 is 14.3 Å². The third-order valence-corrected chi connectivity index (χ3v) is 2.31. The molecule has 0 aromatic carbocycles. The van der Waals surface area contributed by atoms with Gasteiger partial charge in [-0.2, -0.15) is 0 Å². The van der Waals surface area contributed by atoms with Crippen LogP contribution in [-0.2, 0) is 14.3 Å². The molecule has 0 saturated carbocycles. The molecule has 0 aromatic rings. The van der Waals surface area contributed by atoms with E-state index < -0.39 is 0 Å². The molecule has 0 N–H and O–H groups in total. The predicted molar refractivity (Wildman–Crippen MR) is 49.3 cm³/mol. The second kappa shape index (κ2) is 4.42. The highest BCUT2D eigenvalue weighted by molar-refractivity contribution is 5.87. The van der Waals surface area contributed by atoms with Gasteiger partial charge in [-0.3, -0.25) is 0 Å². The summed E-state index contributed by atoms with van der Waals surface area (Å²) in [6, 6.07) is 0. The molecule has 0 spiro atoms. The summed E-state index contributed by atoms with van der Waals surface area (Å²) in [6.07, 6.45) is 2.72. The maximum atomic E-state index is 11.3. The average molecular weight is 184 g/mol. The van der Waals surface area contributed by atoms with Gasteiger partial charge in [0.05, 0.1) is 12.7 Å². The van der Waals surface area contributed by atoms with Gasteiger partial charge in [0.2, 0.25) is 0 Å². The third-order valence-electron chi connectivity index (χ3n) is 2.31. The number of esters is 1. The summed E-state index contributed by atoms with van der Waals surface area (Å²) >= 11 is 0. The zero-order valence-electron chi connectivity index (χ0n) is 8.37. The number of hydrogen-bond donors (Lipinski definition) is 0. The molecule has 1 aliphatic heterocycles. The number of carbonyl (C=O) groups excluding carboxylic acids is 1. The Morgan fingerprint density at radius 1 is 1.69 bits per heavy atom. The number of hydrogen-bond acceptors (Lipinski definition) is 3. The van der Waals surface area contributed by atoms with E-state index in [9.17, 15) is 4.79 Å². The molecular formula is C10H16O3. The molecule has 0 aromatic heterocycles. The van der Waals surface area contributed by atoms with Crippen LogP contribution in [0.25, 0.3) is 0 Å². The van der Waals surface area contributed by atoms with Crippen molar-refractivity contribution in [3.05, 3.63) is 11.6 Å². The Morgan fingerprint density at radius 3 is 2.77 bits per heavy atom. The smallest absolute Gasteiger partial charge is 0.333 e. The van der Waals surface area contributed by atoms with E-state index >= 15 is 0 Å². The standard InChI is InChI=1S/C10H16O3/c1-4-7(3)10(11)13-9-6-12-8(9)5-2/h4,8-9H,5-6H2,1-3H3. The first-order valence-electron chi connectivity index (χ1n) is 4.64. The lowest BCUT2D eigenvalue weighted by atomic mass is 10.1. The molecule has 1 heterocycles. The van der Waals surface area contributed by atoms with Gasteiger partial charge in [0.25, 0.3) is 0 Å². The molecule has 2 atom stereocenters. The molecule has 74 valence electrons. The molecule has 3 nitrogen and oxygen atoms in total. The minimum Gasteiger partial charge on any atom is -0.454 e. The van der Waals surface area contributed by atoms with Crippen molar-refractivity contribution >= 4 is 5.97 Å². The minimum absolute atomic E-state index is 0.0348. The van der Waals surface area contributed by atoms with Gasteiger partial charge in [-0.05, 0) is 20.3 Å². The summed E-state index contributed by atoms with van der Waals surface area (Å²) in [5, 5.41) is 0. The Labute approximate surface area is 78.7 Å². The van der Waals surface area contributed by atoms with Crippen molar-refractivity contribution in [1.29, 1.82) is 0 Å². The summed E-state index contributed by atoms with van der Waals surface area (Å²) in [5.41, 5.74) is 0.654. The van der Waals surface area contributed by atoms with E-state index in [1.54, 1.807) is 13.0 Å². The molecular weight excluding hydrogens is 168 g/mol. The highest BCUT2D eigenvalue weighted by Gasteiger charge is 2.33. The molecule has 0 radical (unpaired) electrons. The lowest BCUT2D eigenvalue weighted by Crippen LogP contribution is -2.47. The Kier molecular flexibility index (Phi) is 3.48. The van der Waals surface area contributed by atoms with Gasteiger partial charge in [0, 0.05) is 5.57 Å². The van der Waals surface area contributed by atoms with Crippen molar-refractivity contribution in [2.45, 2.75) is 39.4 Å². The molecule has 13 heavy (non-hydrogen) atoms. The quantitative estimate of drug-likeness (QED) is 0.494. The fraction of sp³-hybridized carbons (Fsp3) is 0.700. The highest BCUT2D eigenvalue weighted by Crippen LogP contribution is 2.20. The van der Waals surface area contributed by atoms with Crippen LogP contribution >= 0.6 is 0 Å². The molecule has 2 unspecified atom stereocenters. The lowest BCUT2D eigenvalue weighted by molar-refractivity contribution is -0.195. The highest BCUT2D eigenvalue weighted by atomic mass is 16.6. The van der Waals surface area contributed by atoms with E-state index in [-0.39, 0.29) is 18.2 Å². The maximum absolute atomic E-state index is 11.3. The average Bonchev–Trinajstić information content (AvgIpc) is 2.11.